The lowest BCUT2D eigenvalue weighted by Crippen LogP contribution is -2.21. The molecule has 128 valence electrons. The summed E-state index contributed by atoms with van der Waals surface area (Å²) in [6.45, 7) is 11.5. The van der Waals surface area contributed by atoms with Gasteiger partial charge in [0.1, 0.15) is 5.75 Å². The number of methoxy groups -OCH3 is 1. The van der Waals surface area contributed by atoms with Crippen LogP contribution in [0.2, 0.25) is 0 Å². The molecule has 6 nitrogen and oxygen atoms in total. The number of carbonyl (C=O) groups excluding carboxylic acids is 1. The lowest BCUT2D eigenvalue weighted by atomic mass is 9.79. The minimum atomic E-state index is -0.535. The van der Waals surface area contributed by atoms with E-state index in [0.29, 0.717) is 11.3 Å². The number of esters is 1. The molecule has 0 aliphatic carbocycles. The highest BCUT2D eigenvalue weighted by molar-refractivity contribution is 5.71. The molecular formula is C17H25NO5. The average molecular weight is 323 g/mol. The molecule has 0 bridgehead atoms. The molecule has 0 saturated carbocycles. The number of hydrogen-bond donors (Lipinski definition) is 0. The maximum Gasteiger partial charge on any atom is 0.343 e. The lowest BCUT2D eigenvalue weighted by molar-refractivity contribution is -0.386. The Morgan fingerprint density at radius 3 is 2.00 bits per heavy atom. The van der Waals surface area contributed by atoms with Gasteiger partial charge in [0, 0.05) is 11.1 Å². The minimum absolute atomic E-state index is 0.00892. The molecule has 0 spiro atoms. The molecule has 0 aliphatic rings. The van der Waals surface area contributed by atoms with Crippen molar-refractivity contribution in [3.05, 3.63) is 33.4 Å². The number of rotatable bonds is 4. The first-order valence-corrected chi connectivity index (χ1v) is 7.41. The topological polar surface area (TPSA) is 78.7 Å². The van der Waals surface area contributed by atoms with Crippen molar-refractivity contribution in [2.24, 2.45) is 0 Å². The SMILES string of the molecule is COC(=O)COc1cc([N+](=O)[O-])c(C(C)(C)C)cc1C(C)(C)C. The summed E-state index contributed by atoms with van der Waals surface area (Å²) in [6, 6.07) is 3.22. The zero-order chi connectivity index (χ0) is 18.0. The van der Waals surface area contributed by atoms with Crippen LogP contribution in [0, 0.1) is 10.1 Å². The van der Waals surface area contributed by atoms with E-state index in [1.165, 1.54) is 13.2 Å². The zero-order valence-corrected chi connectivity index (χ0v) is 14.9. The van der Waals surface area contributed by atoms with Gasteiger partial charge in [0.15, 0.2) is 6.61 Å². The van der Waals surface area contributed by atoms with Crippen LogP contribution in [-0.2, 0) is 20.4 Å². The molecule has 0 heterocycles. The Bertz CT molecular complexity index is 609. The Hall–Kier alpha value is -2.11. The molecule has 0 fully saturated rings. The first-order chi connectivity index (χ1) is 10.4. The molecule has 0 aliphatic heterocycles. The fourth-order valence-corrected chi connectivity index (χ4v) is 2.22. The molecule has 1 rings (SSSR count). The number of carbonyl (C=O) groups is 1. The van der Waals surface area contributed by atoms with E-state index in [1.807, 2.05) is 47.6 Å². The summed E-state index contributed by atoms with van der Waals surface area (Å²) >= 11 is 0. The van der Waals surface area contributed by atoms with E-state index in [9.17, 15) is 14.9 Å². The standard InChI is InChI=1S/C17H25NO5/c1-16(2,3)11-8-12(17(4,5)6)14(9-13(11)18(20)21)23-10-15(19)22-7/h8-9H,10H2,1-7H3. The summed E-state index contributed by atoms with van der Waals surface area (Å²) in [4.78, 5) is 22.3. The van der Waals surface area contributed by atoms with E-state index in [4.69, 9.17) is 4.74 Å². The molecule has 0 amide bonds. The van der Waals surface area contributed by atoms with E-state index in [-0.39, 0.29) is 23.1 Å². The van der Waals surface area contributed by atoms with E-state index >= 15 is 0 Å². The van der Waals surface area contributed by atoms with Gasteiger partial charge in [-0.25, -0.2) is 4.79 Å². The molecule has 0 unspecified atom stereocenters. The van der Waals surface area contributed by atoms with Crippen LogP contribution in [0.25, 0.3) is 0 Å². The van der Waals surface area contributed by atoms with Crippen LogP contribution in [0.5, 0.6) is 5.75 Å². The highest BCUT2D eigenvalue weighted by Gasteiger charge is 2.31. The minimum Gasteiger partial charge on any atom is -0.481 e. The van der Waals surface area contributed by atoms with Gasteiger partial charge < -0.3 is 9.47 Å². The second-order valence-electron chi connectivity index (χ2n) is 7.49. The highest BCUT2D eigenvalue weighted by Crippen LogP contribution is 2.40. The van der Waals surface area contributed by atoms with Crippen molar-refractivity contribution >= 4 is 11.7 Å². The smallest absolute Gasteiger partial charge is 0.343 e. The predicted molar refractivity (Wildman–Crippen MR) is 88.0 cm³/mol. The van der Waals surface area contributed by atoms with E-state index < -0.39 is 10.9 Å². The largest absolute Gasteiger partial charge is 0.481 e. The highest BCUT2D eigenvalue weighted by atomic mass is 16.6. The molecule has 1 aromatic rings. The van der Waals surface area contributed by atoms with Gasteiger partial charge in [-0.15, -0.1) is 0 Å². The number of benzene rings is 1. The summed E-state index contributed by atoms with van der Waals surface area (Å²) in [7, 11) is 1.27. The summed E-state index contributed by atoms with van der Waals surface area (Å²) in [6.07, 6.45) is 0. The van der Waals surface area contributed by atoms with E-state index in [1.54, 1.807) is 0 Å². The summed E-state index contributed by atoms with van der Waals surface area (Å²) in [5.41, 5.74) is 0.768. The maximum absolute atomic E-state index is 11.4. The Morgan fingerprint density at radius 1 is 1.09 bits per heavy atom. The average Bonchev–Trinajstić information content (AvgIpc) is 2.41. The number of ether oxygens (including phenoxy) is 2. The third kappa shape index (κ3) is 4.68. The predicted octanol–water partition coefficient (Wildman–Crippen LogP) is 3.74. The van der Waals surface area contributed by atoms with Crippen molar-refractivity contribution in [1.29, 1.82) is 0 Å². The quantitative estimate of drug-likeness (QED) is 0.479. The number of hydrogen-bond acceptors (Lipinski definition) is 5. The zero-order valence-electron chi connectivity index (χ0n) is 14.9. The van der Waals surface area contributed by atoms with Crippen LogP contribution in [0.4, 0.5) is 5.69 Å². The van der Waals surface area contributed by atoms with Crippen molar-refractivity contribution < 1.29 is 19.2 Å². The van der Waals surface area contributed by atoms with Gasteiger partial charge >= 0.3 is 5.97 Å². The van der Waals surface area contributed by atoms with E-state index in [0.717, 1.165) is 5.56 Å². The van der Waals surface area contributed by atoms with Crippen LogP contribution < -0.4 is 4.74 Å². The first kappa shape index (κ1) is 18.9. The fraction of sp³-hybridized carbons (Fsp3) is 0.588. The van der Waals surface area contributed by atoms with Crippen molar-refractivity contribution in [2.45, 2.75) is 52.4 Å². The van der Waals surface area contributed by atoms with Gasteiger partial charge in [-0.1, -0.05) is 41.5 Å². The van der Waals surface area contributed by atoms with Crippen molar-refractivity contribution in [2.75, 3.05) is 13.7 Å². The van der Waals surface area contributed by atoms with Crippen LogP contribution in [0.15, 0.2) is 12.1 Å². The molecule has 6 heteroatoms. The van der Waals surface area contributed by atoms with E-state index in [2.05, 4.69) is 4.74 Å². The molecule has 0 saturated heterocycles. The molecular weight excluding hydrogens is 298 g/mol. The second kappa shape index (κ2) is 6.56. The van der Waals surface area contributed by atoms with Crippen molar-refractivity contribution in [3.8, 4) is 5.75 Å². The number of nitrogens with zero attached hydrogens (tertiary/aromatic N) is 1. The van der Waals surface area contributed by atoms with Crippen molar-refractivity contribution in [1.82, 2.24) is 0 Å². The fourth-order valence-electron chi connectivity index (χ4n) is 2.22. The third-order valence-corrected chi connectivity index (χ3v) is 3.48. The van der Waals surface area contributed by atoms with Gasteiger partial charge in [-0.3, -0.25) is 10.1 Å². The van der Waals surface area contributed by atoms with Gasteiger partial charge in [-0.2, -0.15) is 0 Å². The third-order valence-electron chi connectivity index (χ3n) is 3.48. The molecule has 23 heavy (non-hydrogen) atoms. The molecule has 0 N–H and O–H groups in total. The summed E-state index contributed by atoms with van der Waals surface area (Å²) < 4.78 is 10.1. The first-order valence-electron chi connectivity index (χ1n) is 7.41. The molecule has 0 radical (unpaired) electrons. The molecule has 0 atom stereocenters. The van der Waals surface area contributed by atoms with Crippen LogP contribution in [-0.4, -0.2) is 24.6 Å². The van der Waals surface area contributed by atoms with Crippen LogP contribution >= 0.6 is 0 Å². The van der Waals surface area contributed by atoms with Gasteiger partial charge in [0.05, 0.1) is 18.1 Å². The van der Waals surface area contributed by atoms with Crippen molar-refractivity contribution in [3.63, 3.8) is 0 Å². The molecule has 0 aromatic heterocycles. The second-order valence-corrected chi connectivity index (χ2v) is 7.49. The van der Waals surface area contributed by atoms with Gasteiger partial charge in [0.25, 0.3) is 5.69 Å². The van der Waals surface area contributed by atoms with Gasteiger partial charge in [-0.05, 0) is 16.9 Å². The lowest BCUT2D eigenvalue weighted by Gasteiger charge is -2.27. The summed E-state index contributed by atoms with van der Waals surface area (Å²) in [5.74, 6) is -0.199. The van der Waals surface area contributed by atoms with Crippen LogP contribution in [0.1, 0.15) is 52.7 Å². The Labute approximate surface area is 136 Å². The molecule has 1 aromatic carbocycles. The summed E-state index contributed by atoms with van der Waals surface area (Å²) in [5, 5.41) is 11.4. The number of nitro groups is 1. The number of nitro benzene ring substituents is 1. The normalized spacial score (nSPS) is 12.0. The van der Waals surface area contributed by atoms with Gasteiger partial charge in [0.2, 0.25) is 0 Å². The maximum atomic E-state index is 11.4. The Morgan fingerprint density at radius 2 is 1.61 bits per heavy atom. The monoisotopic (exact) mass is 323 g/mol. The Balaban J connectivity index is 3.51. The Kier molecular flexibility index (Phi) is 5.40. The van der Waals surface area contributed by atoms with Crippen LogP contribution in [0.3, 0.4) is 0 Å².